The van der Waals surface area contributed by atoms with E-state index in [4.69, 9.17) is 19.8 Å². The lowest BCUT2D eigenvalue weighted by molar-refractivity contribution is -0.134. The van der Waals surface area contributed by atoms with Crippen LogP contribution in [0.4, 0.5) is 23.4 Å². The number of imide groups is 1. The molecule has 54 heavy (non-hydrogen) atoms. The number of hydrogen-bond donors (Lipinski definition) is 2. The van der Waals surface area contributed by atoms with Crippen LogP contribution in [0.1, 0.15) is 75.6 Å². The third-order valence-corrected chi connectivity index (χ3v) is 11.6. The molecular weight excluding hydrogens is 685 g/mol. The Kier molecular flexibility index (Phi) is 10.7. The van der Waals surface area contributed by atoms with Crippen LogP contribution in [0.15, 0.2) is 42.9 Å². The number of hydrogen-bond acceptors (Lipinski definition) is 13. The summed E-state index contributed by atoms with van der Waals surface area (Å²) in [4.78, 5) is 52.4. The summed E-state index contributed by atoms with van der Waals surface area (Å²) in [6.07, 6.45) is 10.9. The molecule has 1 unspecified atom stereocenters. The molecule has 4 saturated heterocycles. The molecule has 15 nitrogen and oxygen atoms in total. The summed E-state index contributed by atoms with van der Waals surface area (Å²) in [7, 11) is 1.78. The molecule has 0 radical (unpaired) electrons. The quantitative estimate of drug-likeness (QED) is 0.227. The molecule has 4 fully saturated rings. The van der Waals surface area contributed by atoms with Gasteiger partial charge in [-0.15, -0.1) is 0 Å². The molecule has 0 saturated carbocycles. The molecule has 4 aromatic heterocycles. The Morgan fingerprint density at radius 1 is 0.870 bits per heavy atom. The Labute approximate surface area is 316 Å². The zero-order valence-corrected chi connectivity index (χ0v) is 31.7. The largest absolute Gasteiger partial charge is 0.381 e. The zero-order valence-electron chi connectivity index (χ0n) is 31.7. The number of rotatable bonds is 10. The standard InChI is InChI=1S/C39H52N12O3/c1-26(2)51-33-22-35(43-34-8-13-40-39(44-34)50-16-11-30(54-3)12-17-50)42-24-32(33)37(46-51)49-14-9-29(10-15-49)48-20-18-47(19-21-48)25-28-5-4-27(23-41-28)31-6-7-36(52)45-38(31)53/h4-5,8,13,22-24,26,29-31H,6-7,9-12,14-21,25H2,1-3H3,(H,45,52,53)(H,40,42,43,44). The number of nitrogens with zero attached hydrogens (tertiary/aromatic N) is 10. The second kappa shape index (κ2) is 15.9. The molecule has 1 atom stereocenters. The third-order valence-electron chi connectivity index (χ3n) is 11.6. The third kappa shape index (κ3) is 7.89. The molecule has 0 aliphatic carbocycles. The number of carbonyl (C=O) groups excluding carboxylic acids is 2. The summed E-state index contributed by atoms with van der Waals surface area (Å²) in [6, 6.07) is 8.76. The van der Waals surface area contributed by atoms with Crippen molar-refractivity contribution in [1.82, 2.24) is 44.8 Å². The lowest BCUT2D eigenvalue weighted by Gasteiger charge is -2.42. The van der Waals surface area contributed by atoms with E-state index in [0.29, 0.717) is 25.0 Å². The van der Waals surface area contributed by atoms with Gasteiger partial charge in [0.25, 0.3) is 0 Å². The van der Waals surface area contributed by atoms with E-state index >= 15 is 0 Å². The van der Waals surface area contributed by atoms with E-state index in [0.717, 1.165) is 130 Å². The smallest absolute Gasteiger partial charge is 0.234 e. The molecule has 4 aliphatic heterocycles. The van der Waals surface area contributed by atoms with Crippen molar-refractivity contribution >= 4 is 46.1 Å². The topological polar surface area (TPSA) is 150 Å². The number of ether oxygens (including phenoxy) is 1. The molecule has 2 amide bonds. The second-order valence-electron chi connectivity index (χ2n) is 15.4. The van der Waals surface area contributed by atoms with E-state index < -0.39 is 0 Å². The van der Waals surface area contributed by atoms with Gasteiger partial charge in [-0.25, -0.2) is 9.97 Å². The van der Waals surface area contributed by atoms with Crippen LogP contribution in [-0.4, -0.2) is 123 Å². The minimum atomic E-state index is -0.295. The molecule has 4 aromatic rings. The lowest BCUT2D eigenvalue weighted by atomic mass is 9.91. The van der Waals surface area contributed by atoms with Crippen LogP contribution in [0.25, 0.3) is 10.9 Å². The van der Waals surface area contributed by atoms with Gasteiger partial charge in [0.15, 0.2) is 5.82 Å². The number of pyridine rings is 2. The highest BCUT2D eigenvalue weighted by atomic mass is 16.5. The van der Waals surface area contributed by atoms with Gasteiger partial charge >= 0.3 is 0 Å². The van der Waals surface area contributed by atoms with Crippen molar-refractivity contribution in [3.63, 3.8) is 0 Å². The summed E-state index contributed by atoms with van der Waals surface area (Å²) in [5.41, 5.74) is 2.95. The predicted molar refractivity (Wildman–Crippen MR) is 207 cm³/mol. The maximum atomic E-state index is 12.3. The molecule has 0 aromatic carbocycles. The first-order valence-corrected chi connectivity index (χ1v) is 19.6. The highest BCUT2D eigenvalue weighted by Gasteiger charge is 2.31. The molecule has 8 rings (SSSR count). The first-order chi connectivity index (χ1) is 26.3. The van der Waals surface area contributed by atoms with Gasteiger partial charge in [-0.05, 0) is 63.6 Å². The molecule has 286 valence electrons. The van der Waals surface area contributed by atoms with Crippen LogP contribution >= 0.6 is 0 Å². The van der Waals surface area contributed by atoms with E-state index in [1.54, 1.807) is 13.3 Å². The average Bonchev–Trinajstić information content (AvgIpc) is 3.58. The Bertz CT molecular complexity index is 1930. The number of piperazine rings is 1. The van der Waals surface area contributed by atoms with Crippen molar-refractivity contribution in [3.05, 3.63) is 54.1 Å². The maximum absolute atomic E-state index is 12.3. The number of piperidine rings is 3. The number of nitrogens with one attached hydrogen (secondary N) is 2. The zero-order chi connectivity index (χ0) is 37.2. The minimum absolute atomic E-state index is 0.193. The number of carbonyl (C=O) groups is 2. The van der Waals surface area contributed by atoms with Crippen LogP contribution in [-0.2, 0) is 20.9 Å². The van der Waals surface area contributed by atoms with Crippen LogP contribution in [0.3, 0.4) is 0 Å². The SMILES string of the molecule is COC1CCN(c2nccc(Nc3cc4c(cn3)c(N3CCC(N5CCN(Cc6ccc(C7CCC(=O)NC7=O)cn6)CC5)CC3)nn4C(C)C)n2)CC1. The number of methoxy groups -OCH3 is 1. The summed E-state index contributed by atoms with van der Waals surface area (Å²) >= 11 is 0. The number of anilines is 4. The van der Waals surface area contributed by atoms with Crippen LogP contribution < -0.4 is 20.4 Å². The van der Waals surface area contributed by atoms with Gasteiger partial charge in [0.2, 0.25) is 17.8 Å². The van der Waals surface area contributed by atoms with Crippen LogP contribution in [0.5, 0.6) is 0 Å². The van der Waals surface area contributed by atoms with Crippen LogP contribution in [0, 0.1) is 0 Å². The summed E-state index contributed by atoms with van der Waals surface area (Å²) in [5.74, 6) is 2.49. The average molecular weight is 737 g/mol. The van der Waals surface area contributed by atoms with Crippen molar-refractivity contribution < 1.29 is 14.3 Å². The van der Waals surface area contributed by atoms with Gasteiger partial charge in [-0.3, -0.25) is 34.4 Å². The van der Waals surface area contributed by atoms with E-state index in [9.17, 15) is 9.59 Å². The van der Waals surface area contributed by atoms with Crippen molar-refractivity contribution in [2.75, 3.05) is 74.6 Å². The van der Waals surface area contributed by atoms with Crippen LogP contribution in [0.2, 0.25) is 0 Å². The molecule has 2 N–H and O–H groups in total. The maximum Gasteiger partial charge on any atom is 0.234 e. The fourth-order valence-electron chi connectivity index (χ4n) is 8.41. The second-order valence-corrected chi connectivity index (χ2v) is 15.4. The van der Waals surface area contributed by atoms with Gasteiger partial charge in [0.1, 0.15) is 11.6 Å². The van der Waals surface area contributed by atoms with E-state index in [2.05, 4.69) is 64.8 Å². The normalized spacial score (nSPS) is 21.3. The first-order valence-electron chi connectivity index (χ1n) is 19.6. The Morgan fingerprint density at radius 2 is 1.65 bits per heavy atom. The number of fused-ring (bicyclic) bond motifs is 1. The van der Waals surface area contributed by atoms with Gasteiger partial charge < -0.3 is 19.9 Å². The molecule has 0 spiro atoms. The Hall–Kier alpha value is -4.73. The summed E-state index contributed by atoms with van der Waals surface area (Å²) in [6.45, 7) is 12.9. The number of amides is 2. The highest BCUT2D eigenvalue weighted by molar-refractivity contribution is 6.00. The van der Waals surface area contributed by atoms with Crippen molar-refractivity contribution in [2.45, 2.75) is 83.0 Å². The molecule has 0 bridgehead atoms. The van der Waals surface area contributed by atoms with Gasteiger partial charge in [0, 0.05) is 109 Å². The van der Waals surface area contributed by atoms with E-state index in [1.165, 1.54) is 0 Å². The summed E-state index contributed by atoms with van der Waals surface area (Å²) in [5, 5.41) is 12.1. The molecule has 4 aliphatic rings. The number of aromatic nitrogens is 6. The summed E-state index contributed by atoms with van der Waals surface area (Å²) < 4.78 is 7.65. The lowest BCUT2D eigenvalue weighted by Crippen LogP contribution is -2.53. The highest BCUT2D eigenvalue weighted by Crippen LogP contribution is 2.33. The minimum Gasteiger partial charge on any atom is -0.381 e. The Morgan fingerprint density at radius 3 is 2.35 bits per heavy atom. The van der Waals surface area contributed by atoms with E-state index in [1.807, 2.05) is 30.6 Å². The fraction of sp³-hybridized carbons (Fsp3) is 0.564. The van der Waals surface area contributed by atoms with Crippen molar-refractivity contribution in [3.8, 4) is 0 Å². The predicted octanol–water partition coefficient (Wildman–Crippen LogP) is 3.86. The van der Waals surface area contributed by atoms with Gasteiger partial charge in [-0.1, -0.05) is 6.07 Å². The Balaban J connectivity index is 0.851. The fourth-order valence-corrected chi connectivity index (χ4v) is 8.41. The van der Waals surface area contributed by atoms with Gasteiger partial charge in [0.05, 0.1) is 28.6 Å². The molecule has 15 heteroatoms. The van der Waals surface area contributed by atoms with Crippen molar-refractivity contribution in [1.29, 1.82) is 0 Å². The monoisotopic (exact) mass is 736 g/mol. The molecule has 8 heterocycles. The van der Waals surface area contributed by atoms with E-state index in [-0.39, 0.29) is 23.8 Å². The first kappa shape index (κ1) is 36.3. The van der Waals surface area contributed by atoms with Gasteiger partial charge in [-0.2, -0.15) is 10.1 Å². The molecular formula is C39H52N12O3. The van der Waals surface area contributed by atoms with Crippen molar-refractivity contribution in [2.24, 2.45) is 0 Å².